The molecule has 5 nitrogen and oxygen atoms in total. The summed E-state index contributed by atoms with van der Waals surface area (Å²) in [7, 11) is 0. The predicted molar refractivity (Wildman–Crippen MR) is 137 cm³/mol. The van der Waals surface area contributed by atoms with Gasteiger partial charge in [-0.2, -0.15) is 0 Å². The quantitative estimate of drug-likeness (QED) is 0.456. The number of aliphatic hydroxyl groups is 3. The Hall–Kier alpha value is -2.54. The van der Waals surface area contributed by atoms with Crippen molar-refractivity contribution in [2.75, 3.05) is 6.61 Å². The predicted octanol–water partition coefficient (Wildman–Crippen LogP) is 5.33. The largest absolute Gasteiger partial charge is 0.392 e. The third-order valence-electron chi connectivity index (χ3n) is 4.92. The van der Waals surface area contributed by atoms with Crippen molar-refractivity contribution in [2.24, 2.45) is 5.92 Å². The fourth-order valence-electron chi connectivity index (χ4n) is 3.07. The SMILES string of the molecule is CC.CC1CC(COCc2ccccc2)OC1O.OCc1ccccc1.OCc1ccccc1. The van der Waals surface area contributed by atoms with Gasteiger partial charge in [-0.05, 0) is 23.1 Å². The van der Waals surface area contributed by atoms with Gasteiger partial charge in [0.2, 0.25) is 0 Å². The van der Waals surface area contributed by atoms with Gasteiger partial charge >= 0.3 is 0 Å². The first-order valence-electron chi connectivity index (χ1n) is 11.9. The van der Waals surface area contributed by atoms with Crippen LogP contribution in [-0.4, -0.2) is 34.3 Å². The first kappa shape index (κ1) is 29.5. The van der Waals surface area contributed by atoms with E-state index in [0.717, 1.165) is 23.1 Å². The van der Waals surface area contributed by atoms with E-state index < -0.39 is 6.29 Å². The summed E-state index contributed by atoms with van der Waals surface area (Å²) < 4.78 is 10.9. The number of rotatable bonds is 6. The molecule has 4 rings (SSSR count). The Morgan fingerprint density at radius 1 is 0.735 bits per heavy atom. The van der Waals surface area contributed by atoms with E-state index in [2.05, 4.69) is 0 Å². The minimum atomic E-state index is -0.620. The molecule has 34 heavy (non-hydrogen) atoms. The molecule has 0 saturated carbocycles. The van der Waals surface area contributed by atoms with E-state index in [4.69, 9.17) is 19.7 Å². The lowest BCUT2D eigenvalue weighted by Crippen LogP contribution is -2.16. The van der Waals surface area contributed by atoms with Gasteiger partial charge in [0.05, 0.1) is 32.5 Å². The summed E-state index contributed by atoms with van der Waals surface area (Å²) in [5.74, 6) is 0.213. The maximum atomic E-state index is 9.41. The van der Waals surface area contributed by atoms with Gasteiger partial charge in [-0.3, -0.25) is 0 Å². The molecule has 0 amide bonds. The third-order valence-corrected chi connectivity index (χ3v) is 4.92. The van der Waals surface area contributed by atoms with Gasteiger partial charge in [0.25, 0.3) is 0 Å². The Labute approximate surface area is 204 Å². The number of ether oxygens (including phenoxy) is 2. The zero-order valence-electron chi connectivity index (χ0n) is 20.6. The number of benzene rings is 3. The summed E-state index contributed by atoms with van der Waals surface area (Å²) >= 11 is 0. The Morgan fingerprint density at radius 3 is 1.47 bits per heavy atom. The Bertz CT molecular complexity index is 777. The fraction of sp³-hybridized carbons (Fsp3) is 0.379. The van der Waals surface area contributed by atoms with Crippen LogP contribution in [-0.2, 0) is 29.3 Å². The molecular weight excluding hydrogens is 428 g/mol. The fourth-order valence-corrected chi connectivity index (χ4v) is 3.07. The lowest BCUT2D eigenvalue weighted by Gasteiger charge is -2.10. The molecule has 0 aliphatic carbocycles. The van der Waals surface area contributed by atoms with E-state index in [1.807, 2.05) is 112 Å². The van der Waals surface area contributed by atoms with E-state index in [-0.39, 0.29) is 25.2 Å². The van der Waals surface area contributed by atoms with Crippen LogP contribution in [0.1, 0.15) is 43.9 Å². The molecule has 5 heteroatoms. The van der Waals surface area contributed by atoms with Crippen LogP contribution in [0.15, 0.2) is 91.0 Å². The summed E-state index contributed by atoms with van der Waals surface area (Å²) in [4.78, 5) is 0. The summed E-state index contributed by atoms with van der Waals surface area (Å²) in [6.07, 6.45) is 0.287. The molecule has 1 aliphatic heterocycles. The summed E-state index contributed by atoms with van der Waals surface area (Å²) in [5.41, 5.74) is 3.09. The standard InChI is InChI=1S/C13H18O3.2C7H8O.C2H6/c1-10-7-12(16-13(10)14)9-15-8-11-5-3-2-4-6-11;2*8-6-7-4-2-1-3-5-7;1-2/h2-6,10,12-14H,7-9H2,1H3;2*1-5,8H,6H2;1-2H3. The van der Waals surface area contributed by atoms with Crippen LogP contribution in [0.5, 0.6) is 0 Å². The van der Waals surface area contributed by atoms with Gasteiger partial charge < -0.3 is 24.8 Å². The zero-order chi connectivity index (χ0) is 25.0. The van der Waals surface area contributed by atoms with Gasteiger partial charge in [0, 0.05) is 5.92 Å². The second-order valence-corrected chi connectivity index (χ2v) is 7.65. The molecule has 3 unspecified atom stereocenters. The molecule has 186 valence electrons. The monoisotopic (exact) mass is 468 g/mol. The topological polar surface area (TPSA) is 79.2 Å². The molecular formula is C29H40O5. The van der Waals surface area contributed by atoms with E-state index in [9.17, 15) is 5.11 Å². The van der Waals surface area contributed by atoms with Crippen molar-refractivity contribution in [1.29, 1.82) is 0 Å². The molecule has 3 aromatic carbocycles. The minimum Gasteiger partial charge on any atom is -0.392 e. The maximum Gasteiger partial charge on any atom is 0.157 e. The molecule has 0 spiro atoms. The molecule has 3 aromatic rings. The van der Waals surface area contributed by atoms with E-state index >= 15 is 0 Å². The van der Waals surface area contributed by atoms with Gasteiger partial charge in [-0.15, -0.1) is 0 Å². The third kappa shape index (κ3) is 12.6. The highest BCUT2D eigenvalue weighted by Gasteiger charge is 2.30. The van der Waals surface area contributed by atoms with E-state index in [1.54, 1.807) is 0 Å². The molecule has 3 atom stereocenters. The second-order valence-electron chi connectivity index (χ2n) is 7.65. The lowest BCUT2D eigenvalue weighted by molar-refractivity contribution is -0.121. The Kier molecular flexibility index (Phi) is 16.3. The van der Waals surface area contributed by atoms with Crippen LogP contribution in [0.2, 0.25) is 0 Å². The zero-order valence-corrected chi connectivity index (χ0v) is 20.6. The van der Waals surface area contributed by atoms with Crippen LogP contribution in [0, 0.1) is 5.92 Å². The first-order chi connectivity index (χ1) is 16.6. The van der Waals surface area contributed by atoms with Gasteiger partial charge in [0.1, 0.15) is 0 Å². The number of aliphatic hydroxyl groups excluding tert-OH is 3. The number of hydrogen-bond donors (Lipinski definition) is 3. The molecule has 1 fully saturated rings. The highest BCUT2D eigenvalue weighted by molar-refractivity contribution is 5.14. The molecule has 1 saturated heterocycles. The summed E-state index contributed by atoms with van der Waals surface area (Å²) in [6.45, 7) is 7.42. The number of hydrogen-bond acceptors (Lipinski definition) is 5. The molecule has 0 bridgehead atoms. The van der Waals surface area contributed by atoms with Crippen molar-refractivity contribution < 1.29 is 24.8 Å². The minimum absolute atomic E-state index is 0.0358. The first-order valence-corrected chi connectivity index (χ1v) is 11.9. The summed E-state index contributed by atoms with van der Waals surface area (Å²) in [6, 6.07) is 29.1. The average molecular weight is 469 g/mol. The van der Waals surface area contributed by atoms with Crippen molar-refractivity contribution in [3.05, 3.63) is 108 Å². The summed E-state index contributed by atoms with van der Waals surface area (Å²) in [5, 5.41) is 26.5. The van der Waals surface area contributed by atoms with Crippen molar-refractivity contribution >= 4 is 0 Å². The van der Waals surface area contributed by atoms with Gasteiger partial charge in [0.15, 0.2) is 6.29 Å². The van der Waals surface area contributed by atoms with Crippen molar-refractivity contribution in [2.45, 2.75) is 59.4 Å². The van der Waals surface area contributed by atoms with Gasteiger partial charge in [-0.1, -0.05) is 112 Å². The second kappa shape index (κ2) is 18.8. The normalized spacial score (nSPS) is 18.4. The van der Waals surface area contributed by atoms with Gasteiger partial charge in [-0.25, -0.2) is 0 Å². The molecule has 1 aliphatic rings. The van der Waals surface area contributed by atoms with Crippen molar-refractivity contribution in [3.63, 3.8) is 0 Å². The van der Waals surface area contributed by atoms with Crippen molar-refractivity contribution in [1.82, 2.24) is 0 Å². The highest BCUT2D eigenvalue weighted by Crippen LogP contribution is 2.24. The van der Waals surface area contributed by atoms with E-state index in [0.29, 0.717) is 13.2 Å². The van der Waals surface area contributed by atoms with E-state index in [1.165, 1.54) is 0 Å². The van der Waals surface area contributed by atoms with Crippen LogP contribution in [0.25, 0.3) is 0 Å². The van der Waals surface area contributed by atoms with Crippen molar-refractivity contribution in [3.8, 4) is 0 Å². The Morgan fingerprint density at radius 2 is 1.15 bits per heavy atom. The van der Waals surface area contributed by atoms with Crippen LogP contribution in [0.3, 0.4) is 0 Å². The molecule has 1 heterocycles. The lowest BCUT2D eigenvalue weighted by atomic mass is 10.1. The van der Waals surface area contributed by atoms with Crippen LogP contribution >= 0.6 is 0 Å². The maximum absolute atomic E-state index is 9.41. The smallest absolute Gasteiger partial charge is 0.157 e. The average Bonchev–Trinajstić information content (AvgIpc) is 3.24. The Balaban J connectivity index is 0.000000270. The molecule has 0 radical (unpaired) electrons. The van der Waals surface area contributed by atoms with Crippen LogP contribution < -0.4 is 0 Å². The highest BCUT2D eigenvalue weighted by atomic mass is 16.6. The molecule has 3 N–H and O–H groups in total. The molecule has 0 aromatic heterocycles. The van der Waals surface area contributed by atoms with Crippen LogP contribution in [0.4, 0.5) is 0 Å².